The van der Waals surface area contributed by atoms with Crippen LogP contribution in [0.25, 0.3) is 16.8 Å². The number of hydrogen-bond donors (Lipinski definition) is 3. The van der Waals surface area contributed by atoms with E-state index in [2.05, 4.69) is 20.4 Å². The molecule has 0 bridgehead atoms. The van der Waals surface area contributed by atoms with Crippen molar-refractivity contribution in [2.24, 2.45) is 0 Å². The van der Waals surface area contributed by atoms with Gasteiger partial charge in [0.2, 0.25) is 5.88 Å². The number of carbonyl (C=O) groups is 1. The SMILES string of the molecule is COc1ncc(-c2cc(C(F)(F)F)c3c(N)ncnn23)cc1C(=O)N[C@@H]1CN(C(C)c2ccccc2O)C[C@@H]1F. The lowest BCUT2D eigenvalue weighted by atomic mass is 10.1. The summed E-state index contributed by atoms with van der Waals surface area (Å²) in [5.41, 5.74) is 4.85. The van der Waals surface area contributed by atoms with Crippen molar-refractivity contribution in [3.8, 4) is 22.9 Å². The predicted octanol–water partition coefficient (Wildman–Crippen LogP) is 3.62. The third-order valence-electron chi connectivity index (χ3n) is 7.00. The van der Waals surface area contributed by atoms with E-state index in [0.717, 1.165) is 16.9 Å². The number of halogens is 4. The third kappa shape index (κ3) is 4.85. The molecule has 4 aromatic rings. The van der Waals surface area contributed by atoms with E-state index in [1.165, 1.54) is 19.4 Å². The van der Waals surface area contributed by atoms with Gasteiger partial charge in [0.1, 0.15) is 29.3 Å². The third-order valence-corrected chi connectivity index (χ3v) is 7.00. The number of amides is 1. The smallest absolute Gasteiger partial charge is 0.418 e. The number of alkyl halides is 4. The highest BCUT2D eigenvalue weighted by Gasteiger charge is 2.38. The number of nitrogens with one attached hydrogen (secondary N) is 1. The summed E-state index contributed by atoms with van der Waals surface area (Å²) in [4.78, 5) is 22.9. The van der Waals surface area contributed by atoms with Gasteiger partial charge in [-0.1, -0.05) is 18.2 Å². The van der Waals surface area contributed by atoms with Gasteiger partial charge in [-0.05, 0) is 25.1 Å². The molecule has 1 fully saturated rings. The molecule has 1 unspecified atom stereocenters. The van der Waals surface area contributed by atoms with Crippen LogP contribution in [0.4, 0.5) is 23.4 Å². The van der Waals surface area contributed by atoms with Crippen molar-refractivity contribution in [2.45, 2.75) is 31.4 Å². The first-order valence-corrected chi connectivity index (χ1v) is 12.2. The van der Waals surface area contributed by atoms with Crippen LogP contribution in [0.2, 0.25) is 0 Å². The lowest BCUT2D eigenvalue weighted by molar-refractivity contribution is -0.136. The maximum absolute atomic E-state index is 15.0. The Morgan fingerprint density at radius 1 is 1.23 bits per heavy atom. The van der Waals surface area contributed by atoms with Gasteiger partial charge in [0.25, 0.3) is 5.91 Å². The second-order valence-corrected chi connectivity index (χ2v) is 9.41. The first-order valence-electron chi connectivity index (χ1n) is 12.2. The second-order valence-electron chi connectivity index (χ2n) is 9.41. The van der Waals surface area contributed by atoms with Crippen LogP contribution in [-0.2, 0) is 6.18 Å². The Balaban J connectivity index is 1.44. The predicted molar refractivity (Wildman–Crippen MR) is 136 cm³/mol. The van der Waals surface area contributed by atoms with Gasteiger partial charge in [-0.25, -0.2) is 18.9 Å². The number of benzene rings is 1. The van der Waals surface area contributed by atoms with E-state index in [4.69, 9.17) is 10.5 Å². The minimum absolute atomic E-state index is 0.0212. The number of ether oxygens (including phenoxy) is 1. The number of nitrogens with two attached hydrogens (primary N) is 1. The maximum Gasteiger partial charge on any atom is 0.418 e. The molecule has 1 aliphatic rings. The molecule has 4 N–H and O–H groups in total. The number of anilines is 1. The summed E-state index contributed by atoms with van der Waals surface area (Å²) in [7, 11) is 1.28. The van der Waals surface area contributed by atoms with E-state index in [-0.39, 0.29) is 53.4 Å². The monoisotopic (exact) mass is 559 g/mol. The number of pyridine rings is 1. The van der Waals surface area contributed by atoms with Gasteiger partial charge in [0, 0.05) is 36.5 Å². The van der Waals surface area contributed by atoms with Crippen LogP contribution < -0.4 is 15.8 Å². The van der Waals surface area contributed by atoms with Gasteiger partial charge in [-0.15, -0.1) is 0 Å². The minimum atomic E-state index is -4.75. The zero-order valence-corrected chi connectivity index (χ0v) is 21.4. The largest absolute Gasteiger partial charge is 0.508 e. The van der Waals surface area contributed by atoms with Crippen LogP contribution in [0.3, 0.4) is 0 Å². The number of likely N-dealkylation sites (tertiary alicyclic amines) is 1. The molecule has 0 saturated carbocycles. The first kappa shape index (κ1) is 27.1. The Kier molecular flexibility index (Phi) is 6.96. The summed E-state index contributed by atoms with van der Waals surface area (Å²) < 4.78 is 62.5. The fourth-order valence-electron chi connectivity index (χ4n) is 4.94. The molecule has 14 heteroatoms. The molecular weight excluding hydrogens is 534 g/mol. The van der Waals surface area contributed by atoms with Crippen LogP contribution in [-0.4, -0.2) is 67.9 Å². The fraction of sp³-hybridized carbons (Fsp3) is 0.308. The molecule has 1 amide bonds. The Bertz CT molecular complexity index is 1580. The van der Waals surface area contributed by atoms with Crippen LogP contribution in [0.15, 0.2) is 48.9 Å². The number of nitrogen functional groups attached to an aromatic ring is 1. The normalized spacial score (nSPS) is 18.6. The van der Waals surface area contributed by atoms with Gasteiger partial charge in [-0.3, -0.25) is 9.69 Å². The van der Waals surface area contributed by atoms with Crippen molar-refractivity contribution in [3.63, 3.8) is 0 Å². The number of rotatable bonds is 6. The Morgan fingerprint density at radius 3 is 2.67 bits per heavy atom. The number of hydrogen-bond acceptors (Lipinski definition) is 8. The van der Waals surface area contributed by atoms with Crippen LogP contribution >= 0.6 is 0 Å². The Labute approximate surface area is 225 Å². The molecule has 3 aromatic heterocycles. The van der Waals surface area contributed by atoms with Crippen LogP contribution in [0.5, 0.6) is 11.6 Å². The topological polar surface area (TPSA) is 131 Å². The van der Waals surface area contributed by atoms with Gasteiger partial charge in [-0.2, -0.15) is 18.3 Å². The van der Waals surface area contributed by atoms with E-state index >= 15 is 4.39 Å². The quantitative estimate of drug-likeness (QED) is 0.306. The lowest BCUT2D eigenvalue weighted by Crippen LogP contribution is -2.41. The molecule has 40 heavy (non-hydrogen) atoms. The number of aromatic nitrogens is 4. The highest BCUT2D eigenvalue weighted by molar-refractivity contribution is 5.98. The fourth-order valence-corrected chi connectivity index (χ4v) is 4.94. The van der Waals surface area contributed by atoms with E-state index in [1.807, 2.05) is 6.92 Å². The Morgan fingerprint density at radius 2 is 1.98 bits per heavy atom. The zero-order chi connectivity index (χ0) is 28.8. The number of carbonyl (C=O) groups excluding carboxylic acids is 1. The number of nitrogens with zero attached hydrogens (tertiary/aromatic N) is 5. The average molecular weight is 560 g/mol. The number of methoxy groups -OCH3 is 1. The molecule has 210 valence electrons. The lowest BCUT2D eigenvalue weighted by Gasteiger charge is -2.25. The molecule has 4 heterocycles. The van der Waals surface area contributed by atoms with Crippen LogP contribution in [0.1, 0.15) is 34.5 Å². The molecule has 0 radical (unpaired) electrons. The van der Waals surface area contributed by atoms with Crippen molar-refractivity contribution in [1.82, 2.24) is 29.8 Å². The molecule has 1 saturated heterocycles. The molecule has 0 spiro atoms. The average Bonchev–Trinajstić information content (AvgIpc) is 3.50. The Hall–Kier alpha value is -4.46. The summed E-state index contributed by atoms with van der Waals surface area (Å²) >= 11 is 0. The number of fused-ring (bicyclic) bond motifs is 1. The number of phenols is 1. The molecule has 1 aromatic carbocycles. The maximum atomic E-state index is 15.0. The van der Waals surface area contributed by atoms with Crippen molar-refractivity contribution in [2.75, 3.05) is 25.9 Å². The van der Waals surface area contributed by atoms with Crippen molar-refractivity contribution < 1.29 is 32.2 Å². The highest BCUT2D eigenvalue weighted by Crippen LogP contribution is 2.39. The minimum Gasteiger partial charge on any atom is -0.508 e. The van der Waals surface area contributed by atoms with Crippen molar-refractivity contribution in [3.05, 3.63) is 65.6 Å². The summed E-state index contributed by atoms with van der Waals surface area (Å²) in [6.07, 6.45) is -3.91. The second kappa shape index (κ2) is 10.3. The van der Waals surface area contributed by atoms with Crippen molar-refractivity contribution in [1.29, 1.82) is 0 Å². The standard InChI is InChI=1S/C26H25F4N7O3/c1-13(15-5-3-4-6-21(15)38)36-10-18(27)19(11-36)35-24(39)16-7-14(9-32-25(16)40-2)20-8-17(26(28,29)30)22-23(31)33-12-34-37(20)22/h3-9,12-13,18-19,38H,10-11H2,1-2H3,(H,35,39)(H2,31,33,34)/t13?,18-,19+/m0/s1. The van der Waals surface area contributed by atoms with E-state index in [1.54, 1.807) is 29.2 Å². The highest BCUT2D eigenvalue weighted by atomic mass is 19.4. The summed E-state index contributed by atoms with van der Waals surface area (Å²) in [6.45, 7) is 2.01. The summed E-state index contributed by atoms with van der Waals surface area (Å²) in [5.74, 6) is -1.10. The zero-order valence-electron chi connectivity index (χ0n) is 21.4. The van der Waals surface area contributed by atoms with E-state index in [0.29, 0.717) is 5.56 Å². The summed E-state index contributed by atoms with van der Waals surface area (Å²) in [6, 6.07) is 7.68. The number of phenolic OH excluding ortho intramolecular Hbond substituents is 1. The number of aromatic hydroxyl groups is 1. The van der Waals surface area contributed by atoms with E-state index in [9.17, 15) is 23.1 Å². The number of para-hydroxylation sites is 1. The molecular formula is C26H25F4N7O3. The molecule has 5 rings (SSSR count). The molecule has 0 aliphatic carbocycles. The molecule has 10 nitrogen and oxygen atoms in total. The van der Waals surface area contributed by atoms with Crippen molar-refractivity contribution >= 4 is 17.2 Å². The first-order chi connectivity index (χ1) is 19.0. The molecule has 3 atom stereocenters. The van der Waals surface area contributed by atoms with Gasteiger partial charge in [0.15, 0.2) is 5.82 Å². The van der Waals surface area contributed by atoms with Gasteiger partial charge < -0.3 is 20.9 Å². The van der Waals surface area contributed by atoms with Gasteiger partial charge in [0.05, 0.1) is 24.4 Å². The van der Waals surface area contributed by atoms with E-state index < -0.39 is 35.4 Å². The van der Waals surface area contributed by atoms with Crippen LogP contribution in [0, 0.1) is 0 Å². The molecule has 1 aliphatic heterocycles. The summed E-state index contributed by atoms with van der Waals surface area (Å²) in [5, 5.41) is 16.7. The van der Waals surface area contributed by atoms with Gasteiger partial charge >= 0.3 is 6.18 Å².